The van der Waals surface area contributed by atoms with Gasteiger partial charge >= 0.3 is 0 Å². The number of nitrogens with zero attached hydrogens (tertiary/aromatic N) is 1. The van der Waals surface area contributed by atoms with Crippen molar-refractivity contribution in [2.24, 2.45) is 0 Å². The third-order valence-electron chi connectivity index (χ3n) is 2.30. The molecule has 1 aromatic heterocycles. The Morgan fingerprint density at radius 3 is 2.83 bits per heavy atom. The Bertz CT molecular complexity index is 301. The molecule has 1 aliphatic rings. The Morgan fingerprint density at radius 1 is 1.67 bits per heavy atom. The summed E-state index contributed by atoms with van der Waals surface area (Å²) in [5, 5.41) is 10.8. The fraction of sp³-hybridized carbons (Fsp3) is 0.444. The van der Waals surface area contributed by atoms with E-state index in [9.17, 15) is 5.11 Å². The van der Waals surface area contributed by atoms with Crippen LogP contribution in [0.5, 0.6) is 0 Å². The van der Waals surface area contributed by atoms with Gasteiger partial charge in [-0.3, -0.25) is 0 Å². The molecule has 1 aromatic rings. The second-order valence-electron chi connectivity index (χ2n) is 3.16. The molecule has 1 N–H and O–H groups in total. The van der Waals surface area contributed by atoms with Crippen LogP contribution in [0.3, 0.4) is 0 Å². The first-order valence-corrected chi connectivity index (χ1v) is 4.87. The zero-order valence-corrected chi connectivity index (χ0v) is 7.60. The van der Waals surface area contributed by atoms with Gasteiger partial charge in [0.1, 0.15) is 10.6 Å². The molecule has 64 valence electrons. The van der Waals surface area contributed by atoms with Crippen molar-refractivity contribution in [3.05, 3.63) is 22.7 Å². The lowest BCUT2D eigenvalue weighted by Gasteiger charge is -2.34. The molecule has 0 aliphatic heterocycles. The van der Waals surface area contributed by atoms with Crippen LogP contribution in [0.25, 0.3) is 6.08 Å². The number of hydrogen-bond acceptors (Lipinski definition) is 3. The largest absolute Gasteiger partial charge is 0.383 e. The van der Waals surface area contributed by atoms with Gasteiger partial charge in [0.05, 0.1) is 0 Å². The monoisotopic (exact) mass is 181 g/mol. The van der Waals surface area contributed by atoms with E-state index >= 15 is 0 Å². The maximum Gasteiger partial charge on any atom is 0.125 e. The molecule has 2 rings (SSSR count). The number of rotatable bonds is 2. The topological polar surface area (TPSA) is 33.1 Å². The molecule has 12 heavy (non-hydrogen) atoms. The molecule has 0 bridgehead atoms. The van der Waals surface area contributed by atoms with E-state index in [1.54, 1.807) is 12.3 Å². The van der Waals surface area contributed by atoms with Crippen LogP contribution < -0.4 is 0 Å². The van der Waals surface area contributed by atoms with Crippen molar-refractivity contribution in [1.82, 2.24) is 4.98 Å². The van der Waals surface area contributed by atoms with Crippen LogP contribution in [0.2, 0.25) is 0 Å². The fourth-order valence-corrected chi connectivity index (χ4v) is 2.23. The van der Waals surface area contributed by atoms with Crippen LogP contribution in [0, 0.1) is 0 Å². The minimum Gasteiger partial charge on any atom is -0.383 e. The zero-order chi connectivity index (χ0) is 8.60. The Morgan fingerprint density at radius 2 is 2.42 bits per heavy atom. The smallest absolute Gasteiger partial charge is 0.125 e. The van der Waals surface area contributed by atoms with E-state index < -0.39 is 5.60 Å². The molecular weight excluding hydrogens is 170 g/mol. The predicted molar refractivity (Wildman–Crippen MR) is 50.0 cm³/mol. The van der Waals surface area contributed by atoms with Crippen LogP contribution in [-0.4, -0.2) is 10.1 Å². The first-order valence-electron chi connectivity index (χ1n) is 4.06. The highest BCUT2D eigenvalue weighted by atomic mass is 32.1. The summed E-state index contributed by atoms with van der Waals surface area (Å²) in [6.45, 7) is 3.66. The van der Waals surface area contributed by atoms with Gasteiger partial charge in [0.25, 0.3) is 0 Å². The molecule has 2 nitrogen and oxygen atoms in total. The second-order valence-corrected chi connectivity index (χ2v) is 4.22. The van der Waals surface area contributed by atoms with Crippen molar-refractivity contribution >= 4 is 17.4 Å². The normalized spacial score (nSPS) is 20.1. The zero-order valence-electron chi connectivity index (χ0n) is 6.79. The Labute approximate surface area is 75.6 Å². The van der Waals surface area contributed by atoms with Gasteiger partial charge in [-0.05, 0) is 19.3 Å². The molecule has 1 saturated carbocycles. The minimum absolute atomic E-state index is 0.605. The lowest BCUT2D eigenvalue weighted by molar-refractivity contribution is -0.0389. The van der Waals surface area contributed by atoms with Crippen molar-refractivity contribution < 1.29 is 5.11 Å². The third kappa shape index (κ3) is 1.09. The van der Waals surface area contributed by atoms with Crippen LogP contribution >= 0.6 is 11.3 Å². The van der Waals surface area contributed by atoms with E-state index in [1.807, 2.05) is 0 Å². The van der Waals surface area contributed by atoms with Gasteiger partial charge in [0, 0.05) is 11.1 Å². The Kier molecular flexibility index (Phi) is 1.77. The molecule has 0 radical (unpaired) electrons. The van der Waals surface area contributed by atoms with Crippen LogP contribution in [0.4, 0.5) is 0 Å². The van der Waals surface area contributed by atoms with E-state index in [0.29, 0.717) is 0 Å². The van der Waals surface area contributed by atoms with Gasteiger partial charge in [0.2, 0.25) is 0 Å². The Hall–Kier alpha value is -0.670. The third-order valence-corrected chi connectivity index (χ3v) is 3.49. The lowest BCUT2D eigenvalue weighted by atomic mass is 9.81. The maximum absolute atomic E-state index is 9.90. The van der Waals surface area contributed by atoms with Gasteiger partial charge in [-0.1, -0.05) is 12.7 Å². The average Bonchev–Trinajstić information content (AvgIpc) is 2.48. The molecule has 1 aliphatic carbocycles. The van der Waals surface area contributed by atoms with Crippen molar-refractivity contribution in [2.75, 3.05) is 0 Å². The number of aliphatic hydroxyl groups is 1. The van der Waals surface area contributed by atoms with Crippen molar-refractivity contribution in [3.8, 4) is 0 Å². The summed E-state index contributed by atoms with van der Waals surface area (Å²) in [6, 6.07) is 0. The van der Waals surface area contributed by atoms with Crippen molar-refractivity contribution in [1.29, 1.82) is 0 Å². The van der Waals surface area contributed by atoms with Crippen LogP contribution in [0.1, 0.15) is 29.1 Å². The molecule has 0 amide bonds. The van der Waals surface area contributed by atoms with Gasteiger partial charge in [-0.2, -0.15) is 0 Å². The summed E-state index contributed by atoms with van der Waals surface area (Å²) in [5.41, 5.74) is -0.605. The highest BCUT2D eigenvalue weighted by Gasteiger charge is 2.38. The van der Waals surface area contributed by atoms with E-state index in [1.165, 1.54) is 11.3 Å². The van der Waals surface area contributed by atoms with Gasteiger partial charge in [-0.15, -0.1) is 11.3 Å². The summed E-state index contributed by atoms with van der Waals surface area (Å²) < 4.78 is 0. The number of aromatic nitrogens is 1. The highest BCUT2D eigenvalue weighted by molar-refractivity contribution is 7.12. The van der Waals surface area contributed by atoms with Gasteiger partial charge in [-0.25, -0.2) is 4.98 Å². The Balaban J connectivity index is 2.27. The van der Waals surface area contributed by atoms with E-state index in [-0.39, 0.29) is 0 Å². The molecule has 3 heteroatoms. The quantitative estimate of drug-likeness (QED) is 0.758. The number of hydrogen-bond donors (Lipinski definition) is 1. The van der Waals surface area contributed by atoms with E-state index in [0.717, 1.165) is 29.1 Å². The predicted octanol–water partition coefficient (Wildman–Crippen LogP) is 2.16. The van der Waals surface area contributed by atoms with Crippen LogP contribution in [0.15, 0.2) is 12.8 Å². The maximum atomic E-state index is 9.90. The molecule has 1 fully saturated rings. The fourth-order valence-electron chi connectivity index (χ4n) is 1.32. The van der Waals surface area contributed by atoms with Gasteiger partial charge < -0.3 is 5.11 Å². The summed E-state index contributed by atoms with van der Waals surface area (Å²) >= 11 is 1.54. The summed E-state index contributed by atoms with van der Waals surface area (Å²) in [4.78, 5) is 5.21. The minimum atomic E-state index is -0.605. The lowest BCUT2D eigenvalue weighted by Crippen LogP contribution is -2.33. The second kappa shape index (κ2) is 2.68. The van der Waals surface area contributed by atoms with Crippen molar-refractivity contribution in [3.63, 3.8) is 0 Å². The summed E-state index contributed by atoms with van der Waals surface area (Å²) in [6.07, 6.45) is 6.36. The highest BCUT2D eigenvalue weighted by Crippen LogP contribution is 2.42. The molecular formula is C9H11NOS. The molecule has 1 heterocycles. The SMILES string of the molecule is C=Cc1cnc(C2(O)CCC2)s1. The standard InChI is InChI=1S/C9H11NOS/c1-2-7-6-10-8(12-7)9(11)4-3-5-9/h2,6,11H,1,3-5H2. The summed E-state index contributed by atoms with van der Waals surface area (Å²) in [7, 11) is 0. The number of thiazole rings is 1. The van der Waals surface area contributed by atoms with E-state index in [2.05, 4.69) is 11.6 Å². The summed E-state index contributed by atoms with van der Waals surface area (Å²) in [5.74, 6) is 0. The molecule has 0 aromatic carbocycles. The first kappa shape index (κ1) is 7.95. The van der Waals surface area contributed by atoms with Crippen molar-refractivity contribution in [2.45, 2.75) is 24.9 Å². The molecule has 0 saturated heterocycles. The van der Waals surface area contributed by atoms with Gasteiger partial charge in [0.15, 0.2) is 0 Å². The molecule has 0 unspecified atom stereocenters. The average molecular weight is 181 g/mol. The molecule has 0 atom stereocenters. The molecule has 0 spiro atoms. The first-order chi connectivity index (χ1) is 5.74. The van der Waals surface area contributed by atoms with Crippen LogP contribution in [-0.2, 0) is 5.60 Å². The van der Waals surface area contributed by atoms with E-state index in [4.69, 9.17) is 0 Å².